The zero-order valence-corrected chi connectivity index (χ0v) is 51.0. The molecule has 4 aliphatic heterocycles. The molecule has 10 heteroatoms. The van der Waals surface area contributed by atoms with Crippen molar-refractivity contribution < 1.29 is 48.7 Å². The molecular formula is C66H108O10. The third-order valence-electron chi connectivity index (χ3n) is 19.0. The topological polar surface area (TPSA) is 149 Å². The number of phenolic OH excluding ortho intramolecular Hbond substituents is 2. The van der Waals surface area contributed by atoms with E-state index in [1.54, 1.807) is 36.4 Å². The minimum absolute atomic E-state index is 0.0255. The molecule has 0 aromatic heterocycles. The van der Waals surface area contributed by atoms with E-state index in [2.05, 4.69) is 108 Å². The summed E-state index contributed by atoms with van der Waals surface area (Å²) >= 11 is 0. The van der Waals surface area contributed by atoms with Gasteiger partial charge in [-0.15, -0.1) is 0 Å². The molecule has 9 fully saturated rings. The van der Waals surface area contributed by atoms with Crippen molar-refractivity contribution in [3.63, 3.8) is 0 Å². The minimum atomic E-state index is -0.525. The Morgan fingerprint density at radius 1 is 0.737 bits per heavy atom. The van der Waals surface area contributed by atoms with Crippen LogP contribution >= 0.6 is 0 Å². The van der Waals surface area contributed by atoms with Crippen molar-refractivity contribution in [1.82, 2.24) is 0 Å². The van der Waals surface area contributed by atoms with E-state index < -0.39 is 5.97 Å². The number of carbonyl (C=O) groups excluding carboxylic acids is 3. The number of methoxy groups -OCH3 is 1. The summed E-state index contributed by atoms with van der Waals surface area (Å²) in [5.74, 6) is 4.34. The number of ether oxygens (including phenoxy) is 4. The van der Waals surface area contributed by atoms with E-state index >= 15 is 0 Å². The summed E-state index contributed by atoms with van der Waals surface area (Å²) in [5, 5.41) is 27.5. The highest BCUT2D eigenvalue weighted by Gasteiger charge is 2.61. The van der Waals surface area contributed by atoms with Crippen molar-refractivity contribution in [2.45, 2.75) is 261 Å². The molecule has 0 radical (unpaired) electrons. The molecule has 2 aromatic carbocycles. The molecule has 0 spiro atoms. The molecule has 5 aliphatic carbocycles. The predicted octanol–water partition coefficient (Wildman–Crippen LogP) is 16.4. The summed E-state index contributed by atoms with van der Waals surface area (Å²) in [7, 11) is 1.27. The molecule has 4 unspecified atom stereocenters. The van der Waals surface area contributed by atoms with Crippen molar-refractivity contribution in [1.29, 1.82) is 0 Å². The van der Waals surface area contributed by atoms with Gasteiger partial charge in [0.15, 0.2) is 0 Å². The number of carbonyl (C=O) groups is 3. The van der Waals surface area contributed by atoms with Gasteiger partial charge in [-0.05, 0) is 224 Å². The van der Waals surface area contributed by atoms with E-state index in [1.807, 2.05) is 19.9 Å². The van der Waals surface area contributed by atoms with E-state index in [4.69, 9.17) is 24.4 Å². The highest BCUT2D eigenvalue weighted by Crippen LogP contribution is 2.63. The molecule has 6 bridgehead atoms. The van der Waals surface area contributed by atoms with Gasteiger partial charge in [-0.1, -0.05) is 96.9 Å². The fraction of sp³-hybridized carbons (Fsp3) is 0.742. The molecule has 76 heavy (non-hydrogen) atoms. The number of phenols is 2. The molecule has 5 saturated carbocycles. The van der Waals surface area contributed by atoms with Crippen LogP contribution < -0.4 is 0 Å². The number of esters is 2. The lowest BCUT2D eigenvalue weighted by atomic mass is 9.69. The largest absolute Gasteiger partial charge is 0.508 e. The number of aromatic hydroxyl groups is 2. The number of aliphatic hydroxyl groups is 1. The lowest BCUT2D eigenvalue weighted by Crippen LogP contribution is -2.53. The van der Waals surface area contributed by atoms with Crippen LogP contribution in [0, 0.1) is 46.3 Å². The lowest BCUT2D eigenvalue weighted by molar-refractivity contribution is -0.230. The van der Waals surface area contributed by atoms with Crippen LogP contribution in [0.1, 0.15) is 237 Å². The normalized spacial score (nSPS) is 31.1. The second-order valence-corrected chi connectivity index (χ2v) is 26.7. The van der Waals surface area contributed by atoms with Gasteiger partial charge in [0.25, 0.3) is 0 Å². The van der Waals surface area contributed by atoms with Crippen LogP contribution in [0.5, 0.6) is 11.5 Å². The first kappa shape index (κ1) is 66.5. The average Bonchev–Trinajstić information content (AvgIpc) is 3.65. The van der Waals surface area contributed by atoms with Gasteiger partial charge >= 0.3 is 11.9 Å². The summed E-state index contributed by atoms with van der Waals surface area (Å²) in [6.45, 7) is 36.5. The summed E-state index contributed by atoms with van der Waals surface area (Å²) in [6.07, 6.45) is 22.3. The van der Waals surface area contributed by atoms with Crippen molar-refractivity contribution in [3.8, 4) is 11.5 Å². The number of fused-ring (bicyclic) bond motifs is 8. The summed E-state index contributed by atoms with van der Waals surface area (Å²) < 4.78 is 21.8. The van der Waals surface area contributed by atoms with Crippen LogP contribution in [0.3, 0.4) is 0 Å². The van der Waals surface area contributed by atoms with E-state index in [9.17, 15) is 19.5 Å². The fourth-order valence-electron chi connectivity index (χ4n) is 13.0. The first-order chi connectivity index (χ1) is 35.2. The molecule has 0 amide bonds. The van der Waals surface area contributed by atoms with E-state index in [0.29, 0.717) is 29.3 Å². The number of ketones is 1. The summed E-state index contributed by atoms with van der Waals surface area (Å²) in [5.41, 5.74) is 2.27. The molecule has 6 atom stereocenters. The van der Waals surface area contributed by atoms with Crippen molar-refractivity contribution in [2.75, 3.05) is 7.11 Å². The van der Waals surface area contributed by atoms with E-state index in [0.717, 1.165) is 56.3 Å². The molecule has 2 aromatic rings. The van der Waals surface area contributed by atoms with Gasteiger partial charge in [-0.25, -0.2) is 4.79 Å². The Morgan fingerprint density at radius 3 is 1.53 bits per heavy atom. The monoisotopic (exact) mass is 1060 g/mol. The minimum Gasteiger partial charge on any atom is -0.508 e. The number of benzene rings is 2. The molecule has 11 rings (SSSR count). The van der Waals surface area contributed by atoms with Gasteiger partial charge in [-0.2, -0.15) is 0 Å². The first-order valence-electron chi connectivity index (χ1n) is 29.2. The maximum Gasteiger partial charge on any atom is 0.341 e. The number of allylic oxidation sites excluding steroid dienone is 2. The van der Waals surface area contributed by atoms with Crippen LogP contribution in [0.2, 0.25) is 0 Å². The third-order valence-corrected chi connectivity index (χ3v) is 19.0. The van der Waals surface area contributed by atoms with Crippen LogP contribution in [0.15, 0.2) is 66.2 Å². The van der Waals surface area contributed by atoms with Gasteiger partial charge in [0, 0.05) is 18.8 Å². The van der Waals surface area contributed by atoms with E-state index in [1.165, 1.54) is 102 Å². The van der Waals surface area contributed by atoms with Crippen molar-refractivity contribution >= 4 is 17.7 Å². The Kier molecular flexibility index (Phi) is 24.9. The Bertz CT molecular complexity index is 2070. The van der Waals surface area contributed by atoms with Crippen molar-refractivity contribution in [3.05, 3.63) is 71.8 Å². The van der Waals surface area contributed by atoms with Gasteiger partial charge < -0.3 is 34.3 Å². The predicted molar refractivity (Wildman–Crippen MR) is 309 cm³/mol. The highest BCUT2D eigenvalue weighted by atomic mass is 16.6. The number of aliphatic hydroxyl groups excluding tert-OH is 1. The number of Topliss-reactive ketones (excluding diaryl/α,β-unsaturated/α-hetero) is 1. The Hall–Kier alpha value is -3.73. The molecule has 4 saturated heterocycles. The van der Waals surface area contributed by atoms with Crippen LogP contribution in [0.4, 0.5) is 0 Å². The van der Waals surface area contributed by atoms with E-state index in [-0.39, 0.29) is 62.2 Å². The summed E-state index contributed by atoms with van der Waals surface area (Å²) in [4.78, 5) is 33.3. The second-order valence-electron chi connectivity index (χ2n) is 26.7. The molecule has 9 aliphatic rings. The third kappa shape index (κ3) is 19.3. The molecule has 3 N–H and O–H groups in total. The maximum absolute atomic E-state index is 11.6. The highest BCUT2D eigenvalue weighted by molar-refractivity contribution is 5.92. The first-order valence-corrected chi connectivity index (χ1v) is 29.2. The standard InChI is InChI=1S/C12H22O2.2C10H18O.C10H16O.C10H20O.C8H8O3.C6H6O/c1-6-12(5,14-11(4)13)9-7-8-10(2)3;2*1-9(2)8-4-6-10(3,11-9)7-5-8;1-9(2)7-4-5-10(9,3)8(11)6-7;1-7(2)9-5-4-8(3)6-10(9)11;1-11-8(10)6-4-2-3-5-7(6)9;7-6-4-2-1-3-5-6/h8H,6-7,9H2,1-5H3;2*8H,4-7H2,1-3H3;7H,4-6H2,1-3H3;7-11H,4-6H2,1-3H3;2-5,9H,1H3;1-5,7H/t;;;;8-,9?,10-;;/m....1../s1. The van der Waals surface area contributed by atoms with Gasteiger partial charge in [-0.3, -0.25) is 9.59 Å². The Labute approximate surface area is 462 Å². The molecule has 4 heterocycles. The molecule has 10 nitrogen and oxygen atoms in total. The van der Waals surface area contributed by atoms with Gasteiger partial charge in [0.1, 0.15) is 28.4 Å². The quantitative estimate of drug-likeness (QED) is 0.181. The zero-order valence-electron chi connectivity index (χ0n) is 51.0. The lowest BCUT2D eigenvalue weighted by Gasteiger charge is -2.54. The smallest absolute Gasteiger partial charge is 0.341 e. The molecular weight excluding hydrogens is 953 g/mol. The Morgan fingerprint density at radius 2 is 1.22 bits per heavy atom. The number of hydrogen-bond donors (Lipinski definition) is 3. The van der Waals surface area contributed by atoms with Crippen LogP contribution in [-0.4, -0.2) is 74.3 Å². The molecule has 432 valence electrons. The number of para-hydroxylation sites is 2. The average molecular weight is 1060 g/mol. The maximum atomic E-state index is 11.6. The van der Waals surface area contributed by atoms with Gasteiger partial charge in [0.05, 0.1) is 35.6 Å². The SMILES string of the molecule is CC(C)C1CC[C@@H](C)C[C@H]1O.CC12CCC(CC1)C(C)(C)O2.CC12CCC(CC1)C(C)(C)O2.CC12CCC(CC1=O)C2(C)C.CCC(C)(CCC=C(C)C)OC(C)=O.COC(=O)c1ccccc1O.Oc1ccccc1. The fourth-order valence-corrected chi connectivity index (χ4v) is 13.0. The summed E-state index contributed by atoms with van der Waals surface area (Å²) in [6, 6.07) is 14.9. The van der Waals surface area contributed by atoms with Crippen molar-refractivity contribution in [2.24, 2.45) is 46.3 Å². The van der Waals surface area contributed by atoms with Gasteiger partial charge in [0.2, 0.25) is 0 Å². The number of hydrogen-bond acceptors (Lipinski definition) is 10. The zero-order chi connectivity index (χ0) is 57.5. The number of rotatable bonds is 7. The second kappa shape index (κ2) is 28.4. The Balaban J connectivity index is 0.000000235. The van der Waals surface area contributed by atoms with Crippen LogP contribution in [-0.2, 0) is 28.5 Å². The van der Waals surface area contributed by atoms with Crippen LogP contribution in [0.25, 0.3) is 0 Å².